The highest BCUT2D eigenvalue weighted by Gasteiger charge is 2.47. The Morgan fingerprint density at radius 2 is 2.40 bits per heavy atom. The maximum absolute atomic E-state index is 12.5. The van der Waals surface area contributed by atoms with Crippen LogP contribution in [0.4, 0.5) is 0 Å². The van der Waals surface area contributed by atoms with E-state index in [0.29, 0.717) is 5.92 Å². The van der Waals surface area contributed by atoms with Crippen LogP contribution in [0.15, 0.2) is 17.1 Å². The fraction of sp³-hybridized carbons (Fsp3) is 0.600. The molecule has 20 heavy (non-hydrogen) atoms. The molecule has 3 rings (SSSR count). The molecule has 108 valence electrons. The van der Waals surface area contributed by atoms with Gasteiger partial charge in [0.1, 0.15) is 5.56 Å². The molecule has 1 aromatic heterocycles. The minimum Gasteiger partial charge on any atom is -0.345 e. The smallest absolute Gasteiger partial charge is 0.260 e. The fourth-order valence-corrected chi connectivity index (χ4v) is 3.55. The number of aromatic amines is 1. The van der Waals surface area contributed by atoms with Crippen molar-refractivity contribution >= 4 is 5.91 Å². The van der Waals surface area contributed by atoms with Crippen molar-refractivity contribution < 1.29 is 4.79 Å². The Morgan fingerprint density at radius 1 is 1.55 bits per heavy atom. The fourth-order valence-electron chi connectivity index (χ4n) is 3.55. The van der Waals surface area contributed by atoms with Crippen molar-refractivity contribution in [3.63, 3.8) is 0 Å². The van der Waals surface area contributed by atoms with Crippen molar-refractivity contribution in [1.29, 1.82) is 0 Å². The summed E-state index contributed by atoms with van der Waals surface area (Å²) in [5, 5.41) is 6.50. The van der Waals surface area contributed by atoms with E-state index in [1.807, 2.05) is 6.92 Å². The van der Waals surface area contributed by atoms with Gasteiger partial charge in [-0.15, -0.1) is 0 Å². The molecule has 5 nitrogen and oxygen atoms in total. The highest BCUT2D eigenvalue weighted by atomic mass is 16.2. The van der Waals surface area contributed by atoms with Gasteiger partial charge in [-0.1, -0.05) is 13.3 Å². The van der Waals surface area contributed by atoms with Crippen LogP contribution in [-0.4, -0.2) is 29.5 Å². The number of aryl methyl sites for hydroxylation is 1. The van der Waals surface area contributed by atoms with Gasteiger partial charge in [-0.25, -0.2) is 0 Å². The van der Waals surface area contributed by atoms with Gasteiger partial charge >= 0.3 is 0 Å². The summed E-state index contributed by atoms with van der Waals surface area (Å²) < 4.78 is 0. The Morgan fingerprint density at radius 3 is 3.20 bits per heavy atom. The topological polar surface area (TPSA) is 74.0 Å². The van der Waals surface area contributed by atoms with E-state index in [-0.39, 0.29) is 22.6 Å². The molecule has 0 aromatic carbocycles. The summed E-state index contributed by atoms with van der Waals surface area (Å²) in [4.78, 5) is 27.0. The SMILES string of the molecule is CCc1c[nH]c(=O)c(C(=O)N[C@]23CCC[C@H]2CNC3)c1. The van der Waals surface area contributed by atoms with Crippen LogP contribution >= 0.6 is 0 Å². The molecule has 2 heterocycles. The van der Waals surface area contributed by atoms with Crippen LogP contribution in [-0.2, 0) is 6.42 Å². The first-order chi connectivity index (χ1) is 9.64. The molecule has 1 amide bonds. The molecule has 0 unspecified atom stereocenters. The molecular weight excluding hydrogens is 254 g/mol. The summed E-state index contributed by atoms with van der Waals surface area (Å²) in [6, 6.07) is 1.71. The lowest BCUT2D eigenvalue weighted by Crippen LogP contribution is -2.52. The molecule has 2 aliphatic rings. The number of fused-ring (bicyclic) bond motifs is 1. The first kappa shape index (κ1) is 13.4. The van der Waals surface area contributed by atoms with Crippen molar-refractivity contribution in [1.82, 2.24) is 15.6 Å². The summed E-state index contributed by atoms with van der Waals surface area (Å²) >= 11 is 0. The third-order valence-corrected chi connectivity index (χ3v) is 4.77. The number of nitrogens with one attached hydrogen (secondary N) is 3. The van der Waals surface area contributed by atoms with Gasteiger partial charge in [-0.05, 0) is 36.8 Å². The zero-order valence-corrected chi connectivity index (χ0v) is 11.8. The van der Waals surface area contributed by atoms with Crippen LogP contribution in [0.3, 0.4) is 0 Å². The second kappa shape index (κ2) is 5.05. The molecule has 1 aliphatic heterocycles. The number of hydrogen-bond acceptors (Lipinski definition) is 3. The van der Waals surface area contributed by atoms with E-state index < -0.39 is 0 Å². The van der Waals surface area contributed by atoms with Gasteiger partial charge in [-0.2, -0.15) is 0 Å². The summed E-state index contributed by atoms with van der Waals surface area (Å²) in [6.07, 6.45) is 5.78. The van der Waals surface area contributed by atoms with Gasteiger partial charge in [0.15, 0.2) is 0 Å². The first-order valence-electron chi connectivity index (χ1n) is 7.39. The van der Waals surface area contributed by atoms with E-state index in [1.54, 1.807) is 12.3 Å². The maximum Gasteiger partial charge on any atom is 0.260 e. The highest BCUT2D eigenvalue weighted by molar-refractivity contribution is 5.94. The summed E-state index contributed by atoms with van der Waals surface area (Å²) in [7, 11) is 0. The predicted octanol–water partition coefficient (Wildman–Crippen LogP) is 0.809. The average molecular weight is 275 g/mol. The molecular formula is C15H21N3O2. The van der Waals surface area contributed by atoms with E-state index in [1.165, 1.54) is 0 Å². The molecule has 1 saturated carbocycles. The molecule has 0 bridgehead atoms. The molecule has 2 atom stereocenters. The Balaban J connectivity index is 1.85. The molecule has 1 saturated heterocycles. The standard InChI is InChI=1S/C15H21N3O2/c1-2-10-6-12(13(19)17-7-10)14(20)18-15-5-3-4-11(15)8-16-9-15/h6-7,11,16H,2-5,8-9H2,1H3,(H,17,19)(H,18,20)/t11-,15-/m0/s1. The van der Waals surface area contributed by atoms with E-state index in [2.05, 4.69) is 15.6 Å². The van der Waals surface area contributed by atoms with Gasteiger partial charge in [0.05, 0.1) is 5.54 Å². The van der Waals surface area contributed by atoms with Crippen molar-refractivity contribution in [2.45, 2.75) is 38.1 Å². The molecule has 0 spiro atoms. The number of aromatic nitrogens is 1. The normalized spacial score (nSPS) is 28.4. The van der Waals surface area contributed by atoms with E-state index in [9.17, 15) is 9.59 Å². The zero-order chi connectivity index (χ0) is 14.2. The molecule has 5 heteroatoms. The second-order valence-electron chi connectivity index (χ2n) is 5.93. The maximum atomic E-state index is 12.5. The van der Waals surface area contributed by atoms with E-state index in [0.717, 1.165) is 44.3 Å². The summed E-state index contributed by atoms with van der Waals surface area (Å²) in [5.41, 5.74) is 0.749. The minimum absolute atomic E-state index is 0.147. The number of pyridine rings is 1. The number of carbonyl (C=O) groups is 1. The summed E-state index contributed by atoms with van der Waals surface area (Å²) in [5.74, 6) is 0.261. The van der Waals surface area contributed by atoms with Crippen LogP contribution in [0.25, 0.3) is 0 Å². The Kier molecular flexibility index (Phi) is 3.38. The monoisotopic (exact) mass is 275 g/mol. The molecule has 1 aromatic rings. The van der Waals surface area contributed by atoms with Crippen LogP contribution in [0.5, 0.6) is 0 Å². The summed E-state index contributed by atoms with van der Waals surface area (Å²) in [6.45, 7) is 3.78. The van der Waals surface area contributed by atoms with Crippen molar-refractivity contribution in [3.05, 3.63) is 33.7 Å². The van der Waals surface area contributed by atoms with Crippen LogP contribution < -0.4 is 16.2 Å². The van der Waals surface area contributed by atoms with E-state index >= 15 is 0 Å². The lowest BCUT2D eigenvalue weighted by molar-refractivity contribution is 0.0892. The predicted molar refractivity (Wildman–Crippen MR) is 76.8 cm³/mol. The van der Waals surface area contributed by atoms with Crippen LogP contribution in [0, 0.1) is 5.92 Å². The number of hydrogen-bond donors (Lipinski definition) is 3. The Labute approximate surface area is 118 Å². The minimum atomic E-state index is -0.309. The van der Waals surface area contributed by atoms with Crippen molar-refractivity contribution in [2.24, 2.45) is 5.92 Å². The second-order valence-corrected chi connectivity index (χ2v) is 5.93. The number of rotatable bonds is 3. The van der Waals surface area contributed by atoms with Gasteiger partial charge in [-0.3, -0.25) is 9.59 Å². The molecule has 2 fully saturated rings. The van der Waals surface area contributed by atoms with Gasteiger partial charge < -0.3 is 15.6 Å². The molecule has 3 N–H and O–H groups in total. The number of carbonyl (C=O) groups excluding carboxylic acids is 1. The Hall–Kier alpha value is -1.62. The third-order valence-electron chi connectivity index (χ3n) is 4.77. The van der Waals surface area contributed by atoms with Gasteiger partial charge in [0, 0.05) is 19.3 Å². The largest absolute Gasteiger partial charge is 0.345 e. The highest BCUT2D eigenvalue weighted by Crippen LogP contribution is 2.38. The van der Waals surface area contributed by atoms with Gasteiger partial charge in [0.25, 0.3) is 11.5 Å². The molecule has 1 aliphatic carbocycles. The average Bonchev–Trinajstić information content (AvgIpc) is 2.98. The lowest BCUT2D eigenvalue weighted by atomic mass is 9.90. The first-order valence-corrected chi connectivity index (χ1v) is 7.39. The number of amides is 1. The third kappa shape index (κ3) is 2.16. The number of H-pyrrole nitrogens is 1. The van der Waals surface area contributed by atoms with E-state index in [4.69, 9.17) is 0 Å². The Bertz CT molecular complexity index is 569. The van der Waals surface area contributed by atoms with Gasteiger partial charge in [0.2, 0.25) is 0 Å². The van der Waals surface area contributed by atoms with Crippen LogP contribution in [0.1, 0.15) is 42.1 Å². The van der Waals surface area contributed by atoms with Crippen molar-refractivity contribution in [3.8, 4) is 0 Å². The quantitative estimate of drug-likeness (QED) is 0.764. The van der Waals surface area contributed by atoms with Crippen LogP contribution in [0.2, 0.25) is 0 Å². The van der Waals surface area contributed by atoms with Crippen molar-refractivity contribution in [2.75, 3.05) is 13.1 Å². The lowest BCUT2D eigenvalue weighted by Gasteiger charge is -2.29. The molecule has 0 radical (unpaired) electrons. The zero-order valence-electron chi connectivity index (χ0n) is 11.8.